The highest BCUT2D eigenvalue weighted by Crippen LogP contribution is 2.13. The predicted molar refractivity (Wildman–Crippen MR) is 83.1 cm³/mol. The highest BCUT2D eigenvalue weighted by atomic mass is 35.5. The van der Waals surface area contributed by atoms with Crippen molar-refractivity contribution in [1.82, 2.24) is 4.90 Å². The molecule has 112 valence electrons. The zero-order chi connectivity index (χ0) is 15.0. The van der Waals surface area contributed by atoms with Gasteiger partial charge in [-0.15, -0.1) is 0 Å². The quantitative estimate of drug-likeness (QED) is 0.736. The molecule has 0 aliphatic heterocycles. The molecule has 0 unspecified atom stereocenters. The number of carbonyl (C=O) groups excluding carboxylic acids is 1. The molecule has 1 rings (SSSR count). The minimum absolute atomic E-state index is 0.177. The molecule has 0 aliphatic rings. The second-order valence-corrected chi connectivity index (χ2v) is 5.79. The average Bonchev–Trinajstić information content (AvgIpc) is 2.40. The van der Waals surface area contributed by atoms with Crippen LogP contribution in [-0.4, -0.2) is 37.6 Å². The molecular formula is C16H24ClNO2. The number of carbonyl (C=O) groups is 1. The van der Waals surface area contributed by atoms with Crippen LogP contribution >= 0.6 is 11.6 Å². The Morgan fingerprint density at radius 1 is 1.40 bits per heavy atom. The van der Waals surface area contributed by atoms with Gasteiger partial charge in [-0.25, -0.2) is 0 Å². The Kier molecular flexibility index (Phi) is 7.63. The van der Waals surface area contributed by atoms with Crippen molar-refractivity contribution < 1.29 is 9.53 Å². The SMILES string of the molecule is COCCN(CC(C)C)C(=O)CCc1cccc(Cl)c1. The van der Waals surface area contributed by atoms with E-state index >= 15 is 0 Å². The number of aryl methyl sites for hydroxylation is 1. The van der Waals surface area contributed by atoms with Gasteiger partial charge in [0, 0.05) is 31.6 Å². The zero-order valence-corrected chi connectivity index (χ0v) is 13.3. The van der Waals surface area contributed by atoms with Crippen molar-refractivity contribution in [3.8, 4) is 0 Å². The Labute approximate surface area is 126 Å². The fourth-order valence-corrected chi connectivity index (χ4v) is 2.27. The van der Waals surface area contributed by atoms with Gasteiger partial charge in [0.2, 0.25) is 5.91 Å². The van der Waals surface area contributed by atoms with Crippen molar-refractivity contribution in [3.63, 3.8) is 0 Å². The first kappa shape index (κ1) is 17.0. The van der Waals surface area contributed by atoms with Crippen molar-refractivity contribution in [2.75, 3.05) is 26.8 Å². The summed E-state index contributed by atoms with van der Waals surface area (Å²) in [5, 5.41) is 0.716. The first-order valence-electron chi connectivity index (χ1n) is 7.04. The maximum atomic E-state index is 12.3. The molecule has 0 spiro atoms. The third-order valence-corrected chi connectivity index (χ3v) is 3.26. The summed E-state index contributed by atoms with van der Waals surface area (Å²) in [4.78, 5) is 14.2. The van der Waals surface area contributed by atoms with E-state index in [0.29, 0.717) is 30.5 Å². The summed E-state index contributed by atoms with van der Waals surface area (Å²) in [5.41, 5.74) is 1.10. The van der Waals surface area contributed by atoms with E-state index in [4.69, 9.17) is 16.3 Å². The lowest BCUT2D eigenvalue weighted by Crippen LogP contribution is -2.36. The molecule has 0 saturated heterocycles. The van der Waals surface area contributed by atoms with Crippen molar-refractivity contribution >= 4 is 17.5 Å². The smallest absolute Gasteiger partial charge is 0.222 e. The summed E-state index contributed by atoms with van der Waals surface area (Å²) in [6, 6.07) is 7.67. The normalized spacial score (nSPS) is 10.8. The molecular weight excluding hydrogens is 274 g/mol. The van der Waals surface area contributed by atoms with Crippen LogP contribution in [0.4, 0.5) is 0 Å². The van der Waals surface area contributed by atoms with Crippen LogP contribution in [0.5, 0.6) is 0 Å². The zero-order valence-electron chi connectivity index (χ0n) is 12.6. The number of nitrogens with zero attached hydrogens (tertiary/aromatic N) is 1. The lowest BCUT2D eigenvalue weighted by atomic mass is 10.1. The second kappa shape index (κ2) is 8.98. The van der Waals surface area contributed by atoms with E-state index in [2.05, 4.69) is 13.8 Å². The molecule has 0 atom stereocenters. The fraction of sp³-hybridized carbons (Fsp3) is 0.562. The van der Waals surface area contributed by atoms with Gasteiger partial charge in [-0.2, -0.15) is 0 Å². The van der Waals surface area contributed by atoms with Crippen LogP contribution in [0.3, 0.4) is 0 Å². The number of methoxy groups -OCH3 is 1. The summed E-state index contributed by atoms with van der Waals surface area (Å²) < 4.78 is 5.07. The fourth-order valence-electron chi connectivity index (χ4n) is 2.06. The topological polar surface area (TPSA) is 29.5 Å². The summed E-state index contributed by atoms with van der Waals surface area (Å²) in [5.74, 6) is 0.637. The van der Waals surface area contributed by atoms with Crippen LogP contribution in [0.2, 0.25) is 5.02 Å². The van der Waals surface area contributed by atoms with Crippen LogP contribution in [0.25, 0.3) is 0 Å². The number of halogens is 1. The van der Waals surface area contributed by atoms with Gasteiger partial charge in [0.25, 0.3) is 0 Å². The Balaban J connectivity index is 2.52. The van der Waals surface area contributed by atoms with Crippen LogP contribution in [0, 0.1) is 5.92 Å². The average molecular weight is 298 g/mol. The number of rotatable bonds is 8. The van der Waals surface area contributed by atoms with Crippen LogP contribution in [0.15, 0.2) is 24.3 Å². The van der Waals surface area contributed by atoms with Crippen molar-refractivity contribution in [2.45, 2.75) is 26.7 Å². The van der Waals surface area contributed by atoms with E-state index < -0.39 is 0 Å². The highest BCUT2D eigenvalue weighted by molar-refractivity contribution is 6.30. The number of hydrogen-bond donors (Lipinski definition) is 0. The number of hydrogen-bond acceptors (Lipinski definition) is 2. The van der Waals surface area contributed by atoms with E-state index in [1.54, 1.807) is 7.11 Å². The molecule has 0 fully saturated rings. The Hall–Kier alpha value is -1.06. The molecule has 0 radical (unpaired) electrons. The first-order chi connectivity index (χ1) is 9.52. The maximum Gasteiger partial charge on any atom is 0.222 e. The van der Waals surface area contributed by atoms with Crippen molar-refractivity contribution in [1.29, 1.82) is 0 Å². The standard InChI is InChI=1S/C16H24ClNO2/c1-13(2)12-18(9-10-20-3)16(19)8-7-14-5-4-6-15(17)11-14/h4-6,11,13H,7-10,12H2,1-3H3. The molecule has 0 aliphatic carbocycles. The van der Waals surface area contributed by atoms with Gasteiger partial charge in [0.05, 0.1) is 6.61 Å². The molecule has 4 heteroatoms. The third-order valence-electron chi connectivity index (χ3n) is 3.02. The number of ether oxygens (including phenoxy) is 1. The van der Waals surface area contributed by atoms with E-state index in [1.807, 2.05) is 29.2 Å². The molecule has 0 N–H and O–H groups in total. The first-order valence-corrected chi connectivity index (χ1v) is 7.42. The summed E-state index contributed by atoms with van der Waals surface area (Å²) in [6.45, 7) is 6.24. The van der Waals surface area contributed by atoms with Gasteiger partial charge in [-0.3, -0.25) is 4.79 Å². The highest BCUT2D eigenvalue weighted by Gasteiger charge is 2.14. The minimum atomic E-state index is 0.177. The molecule has 0 bridgehead atoms. The molecule has 1 amide bonds. The number of amides is 1. The Morgan fingerprint density at radius 3 is 2.75 bits per heavy atom. The van der Waals surface area contributed by atoms with Gasteiger partial charge >= 0.3 is 0 Å². The Morgan fingerprint density at radius 2 is 2.15 bits per heavy atom. The second-order valence-electron chi connectivity index (χ2n) is 5.36. The largest absolute Gasteiger partial charge is 0.383 e. The van der Waals surface area contributed by atoms with Gasteiger partial charge in [0.15, 0.2) is 0 Å². The Bertz CT molecular complexity index is 421. The maximum absolute atomic E-state index is 12.3. The lowest BCUT2D eigenvalue weighted by Gasteiger charge is -2.24. The van der Waals surface area contributed by atoms with Crippen molar-refractivity contribution in [2.24, 2.45) is 5.92 Å². The third kappa shape index (κ3) is 6.40. The monoisotopic (exact) mass is 297 g/mol. The predicted octanol–water partition coefficient (Wildman–Crippen LogP) is 3.40. The van der Waals surface area contributed by atoms with Gasteiger partial charge in [-0.05, 0) is 30.0 Å². The molecule has 0 aromatic heterocycles. The van der Waals surface area contributed by atoms with E-state index in [9.17, 15) is 4.79 Å². The van der Waals surface area contributed by atoms with Gasteiger partial charge in [-0.1, -0.05) is 37.6 Å². The molecule has 3 nitrogen and oxygen atoms in total. The van der Waals surface area contributed by atoms with E-state index in [1.165, 1.54) is 0 Å². The van der Waals surface area contributed by atoms with Crippen LogP contribution in [-0.2, 0) is 16.0 Å². The van der Waals surface area contributed by atoms with E-state index in [-0.39, 0.29) is 5.91 Å². The van der Waals surface area contributed by atoms with Crippen LogP contribution in [0.1, 0.15) is 25.8 Å². The van der Waals surface area contributed by atoms with Crippen molar-refractivity contribution in [3.05, 3.63) is 34.9 Å². The van der Waals surface area contributed by atoms with E-state index in [0.717, 1.165) is 18.5 Å². The summed E-state index contributed by atoms with van der Waals surface area (Å²) in [7, 11) is 1.66. The summed E-state index contributed by atoms with van der Waals surface area (Å²) in [6.07, 6.45) is 1.23. The van der Waals surface area contributed by atoms with Gasteiger partial charge in [0.1, 0.15) is 0 Å². The molecule has 1 aromatic carbocycles. The molecule has 20 heavy (non-hydrogen) atoms. The summed E-state index contributed by atoms with van der Waals surface area (Å²) >= 11 is 5.95. The molecule has 1 aromatic rings. The van der Waals surface area contributed by atoms with Crippen LogP contribution < -0.4 is 0 Å². The van der Waals surface area contributed by atoms with Gasteiger partial charge < -0.3 is 9.64 Å². The minimum Gasteiger partial charge on any atom is -0.383 e. The molecule has 0 heterocycles. The molecule has 0 saturated carbocycles. The number of benzene rings is 1. The lowest BCUT2D eigenvalue weighted by molar-refractivity contribution is -0.132.